The number of hydrogen-bond donors (Lipinski definition) is 0. The van der Waals surface area contributed by atoms with Gasteiger partial charge in [-0.05, 0) is 178 Å². The summed E-state index contributed by atoms with van der Waals surface area (Å²) in [6.45, 7) is 22.7. The number of rotatable bonds is 9. The Labute approximate surface area is 653 Å². The molecule has 18 rings (SSSR count). The fourth-order valence-electron chi connectivity index (χ4n) is 15.1. The predicted molar refractivity (Wildman–Crippen MR) is 451 cm³/mol. The Balaban J connectivity index is 1.19. The van der Waals surface area contributed by atoms with Gasteiger partial charge in [-0.15, -0.1) is 0 Å². The smallest absolute Gasteiger partial charge is 0.252 e. The Hall–Kier alpha value is -11.7. The minimum absolute atomic E-state index is 0.0343. The van der Waals surface area contributed by atoms with Crippen molar-refractivity contribution in [2.45, 2.75) is 105 Å². The molecule has 0 unspecified atom stereocenters. The first-order valence-electron chi connectivity index (χ1n) is 47.5. The van der Waals surface area contributed by atoms with Crippen LogP contribution in [0.1, 0.15) is 138 Å². The van der Waals surface area contributed by atoms with Crippen LogP contribution < -0.4 is 26.2 Å². The largest absolute Gasteiger partial charge is 0.310 e. The fraction of sp³-hybridized carbons (Fsp3) is 0.160. The van der Waals surface area contributed by atoms with Crippen LogP contribution >= 0.6 is 0 Å². The van der Waals surface area contributed by atoms with E-state index in [2.05, 4.69) is 89.2 Å². The van der Waals surface area contributed by atoms with Crippen molar-refractivity contribution >= 4 is 101 Å². The van der Waals surface area contributed by atoms with Gasteiger partial charge in [0.05, 0.1) is 66.3 Å². The molecule has 2 aromatic heterocycles. The molecule has 4 heterocycles. The van der Waals surface area contributed by atoms with Crippen LogP contribution in [0.25, 0.3) is 111 Å². The zero-order chi connectivity index (χ0) is 92.9. The van der Waals surface area contributed by atoms with E-state index in [1.807, 2.05) is 158 Å². The molecule has 0 saturated heterocycles. The minimum atomic E-state index is -1.94. The van der Waals surface area contributed by atoms with Gasteiger partial charge in [0, 0.05) is 77.9 Å². The van der Waals surface area contributed by atoms with Crippen molar-refractivity contribution in [3.63, 3.8) is 0 Å². The van der Waals surface area contributed by atoms with Gasteiger partial charge in [-0.2, -0.15) is 0 Å². The number of benzene rings is 14. The van der Waals surface area contributed by atoms with Crippen molar-refractivity contribution in [3.05, 3.63) is 331 Å². The van der Waals surface area contributed by atoms with Crippen molar-refractivity contribution in [2.75, 3.05) is 9.80 Å². The monoisotopic (exact) mass is 1380 g/mol. The first-order chi connectivity index (χ1) is 60.7. The first-order valence-corrected chi connectivity index (χ1v) is 35.5. The van der Waals surface area contributed by atoms with Crippen molar-refractivity contribution in [2.24, 2.45) is 0 Å². The lowest BCUT2D eigenvalue weighted by atomic mass is 9.33. The molecule has 0 bridgehead atoms. The third-order valence-corrected chi connectivity index (χ3v) is 20.6. The first kappa shape index (κ1) is 44.1. The molecule has 5 heteroatoms. The van der Waals surface area contributed by atoms with E-state index in [0.717, 1.165) is 31.4 Å². The van der Waals surface area contributed by atoms with E-state index >= 15 is 0 Å². The Bertz CT molecular complexity index is 6920. The highest BCUT2D eigenvalue weighted by atomic mass is 15.2. The normalized spacial score (nSPS) is 16.3. The van der Waals surface area contributed by atoms with E-state index in [-0.39, 0.29) is 68.2 Å². The average Bonchev–Trinajstić information content (AvgIpc) is 1.26. The Morgan fingerprint density at radius 2 is 0.562 bits per heavy atom. The number of fused-ring (bicyclic) bond motifs is 10. The number of anilines is 6. The maximum atomic E-state index is 12.1. The van der Waals surface area contributed by atoms with Crippen LogP contribution in [0.15, 0.2) is 309 Å². The van der Waals surface area contributed by atoms with E-state index in [1.165, 1.54) is 0 Å². The van der Waals surface area contributed by atoms with Crippen molar-refractivity contribution in [1.29, 1.82) is 0 Å². The molecular weight excluding hydrogens is 1270 g/mol. The van der Waals surface area contributed by atoms with Gasteiger partial charge in [-0.1, -0.05) is 307 Å². The summed E-state index contributed by atoms with van der Waals surface area (Å²) in [6, 6.07) is 33.6. The van der Waals surface area contributed by atoms with E-state index in [4.69, 9.17) is 0 Å². The third kappa shape index (κ3) is 11.0. The summed E-state index contributed by atoms with van der Waals surface area (Å²) >= 11 is 0. The maximum absolute atomic E-state index is 12.1. The molecule has 4 nitrogen and oxygen atoms in total. The maximum Gasteiger partial charge on any atom is 0.252 e. The zero-order valence-electron chi connectivity index (χ0n) is 84.5. The van der Waals surface area contributed by atoms with Gasteiger partial charge in [-0.25, -0.2) is 0 Å². The molecule has 0 spiro atoms. The number of para-hydroxylation sites is 4. The van der Waals surface area contributed by atoms with Crippen LogP contribution in [-0.4, -0.2) is 15.8 Å². The molecule has 2 aliphatic heterocycles. The third-order valence-electron chi connectivity index (χ3n) is 20.6. The Morgan fingerprint density at radius 1 is 0.276 bits per heavy atom. The SMILES string of the molecule is [2H]c1c([2H])c(-n2c3c([2H])c([2H])c([2H])c([2H])c3c3c([2H])c([2H])c([2H])c([2H])c32)c([2H])c2c1B1c3c([2H])c([2H])c(-n4c5c([2H])c([2H])c([2H])c([2H])c5c5c([2H])c([2H])c([2H])c([2H])c54)c([2H])c3N(c3c(-c4ccccc4)cc(C(C)(C)C)cc3-c3ccccc3)c3c([2H])c(-c4cc(C(C)(C)C)cc(C(C)(C)C)c4)c([2H])c(c31)N2c1c(-c2ccccc2)cc(C(C)(C)C)cc1-c1ccccc1. The summed E-state index contributed by atoms with van der Waals surface area (Å²) in [6.07, 6.45) is 0. The molecule has 0 aliphatic carbocycles. The van der Waals surface area contributed by atoms with Crippen molar-refractivity contribution < 1.29 is 32.9 Å². The molecule has 105 heavy (non-hydrogen) atoms. The lowest BCUT2D eigenvalue weighted by Gasteiger charge is -2.46. The van der Waals surface area contributed by atoms with Crippen LogP contribution in [-0.2, 0) is 21.7 Å². The highest BCUT2D eigenvalue weighted by Crippen LogP contribution is 2.56. The number of nitrogens with zero attached hydrogens (tertiary/aromatic N) is 4. The van der Waals surface area contributed by atoms with Crippen LogP contribution in [0.2, 0.25) is 0 Å². The second-order valence-electron chi connectivity index (χ2n) is 31.5. The lowest BCUT2D eigenvalue weighted by Crippen LogP contribution is -2.61. The summed E-state index contributed by atoms with van der Waals surface area (Å²) in [7, 11) is 0. The summed E-state index contributed by atoms with van der Waals surface area (Å²) < 4.78 is 249. The Kier molecular flexibility index (Phi) is 10.3. The summed E-state index contributed by atoms with van der Waals surface area (Å²) in [5.74, 6) is 0. The molecule has 0 fully saturated rings. The van der Waals surface area contributed by atoms with Gasteiger partial charge >= 0.3 is 0 Å². The zero-order valence-corrected chi connectivity index (χ0v) is 60.5. The lowest BCUT2D eigenvalue weighted by molar-refractivity contribution is 0.569. The molecule has 0 atom stereocenters. The molecule has 0 saturated carbocycles. The quantitative estimate of drug-likeness (QED) is 0.134. The Morgan fingerprint density at radius 3 is 0.857 bits per heavy atom. The summed E-state index contributed by atoms with van der Waals surface area (Å²) in [5.41, 5.74) is 0.566. The van der Waals surface area contributed by atoms with Crippen LogP contribution in [0.4, 0.5) is 34.1 Å². The van der Waals surface area contributed by atoms with Crippen LogP contribution in [0.3, 0.4) is 0 Å². The van der Waals surface area contributed by atoms with Gasteiger partial charge in [0.2, 0.25) is 0 Å². The minimum Gasteiger partial charge on any atom is -0.310 e. The molecule has 2 aliphatic rings. The number of aromatic nitrogens is 2. The van der Waals surface area contributed by atoms with Crippen molar-refractivity contribution in [3.8, 4) is 67.0 Å². The topological polar surface area (TPSA) is 16.3 Å². The van der Waals surface area contributed by atoms with Gasteiger partial charge in [-0.3, -0.25) is 0 Å². The molecule has 510 valence electrons. The second-order valence-corrected chi connectivity index (χ2v) is 31.5. The fourth-order valence-corrected chi connectivity index (χ4v) is 15.1. The molecule has 16 aromatic rings. The predicted octanol–water partition coefficient (Wildman–Crippen LogP) is 25.5. The summed E-state index contributed by atoms with van der Waals surface area (Å²) in [4.78, 5) is 3.38. The highest BCUT2D eigenvalue weighted by molar-refractivity contribution is 7.00. The second kappa shape index (κ2) is 24.5. The van der Waals surface area contributed by atoms with Gasteiger partial charge in [0.15, 0.2) is 0 Å². The van der Waals surface area contributed by atoms with Gasteiger partial charge < -0.3 is 18.9 Å². The van der Waals surface area contributed by atoms with Crippen LogP contribution in [0, 0.1) is 0 Å². The number of hydrogen-bond acceptors (Lipinski definition) is 2. The molecule has 14 aromatic carbocycles. The standard InChI is InChI=1S/C100H87BN4/c1-97(2,3)70-53-68(54-71(57-70)98(4,5)6)69-55-92-94-93(56-69)105(96-82(66-37-21-15-22-38-66)60-73(100(10,11)12)61-83(96)67-39-23-16-24-40-67)91-63-75(103-88-47-31-27-43-78(88)79-44-28-32-48-89(79)103)50-52-85(91)101(94)84-51-49-74(102-86-45-29-25-41-76(86)77-42-26-30-46-87(77)102)62-90(84)104(92)95-80(64-33-17-13-18-34-64)58-72(99(7,8)9)59-81(95)65-35-19-14-20-36-65/h13-63H,1-12H3/i25D,26D,27D,28D,29D,30D,31D,32D,41D,42D,43D,44D,45D,46D,47D,48D,49D,50D,51D,52D,55D,56D,62D,63D. The highest BCUT2D eigenvalue weighted by Gasteiger charge is 2.46. The summed E-state index contributed by atoms with van der Waals surface area (Å²) in [5, 5.41) is -1.62. The van der Waals surface area contributed by atoms with E-state index in [1.54, 1.807) is 9.80 Å². The van der Waals surface area contributed by atoms with E-state index < -0.39 is 216 Å². The molecule has 0 radical (unpaired) electrons. The van der Waals surface area contributed by atoms with E-state index in [9.17, 15) is 32.9 Å². The van der Waals surface area contributed by atoms with Gasteiger partial charge in [0.1, 0.15) is 0 Å². The molecular formula is C100H87BN4. The van der Waals surface area contributed by atoms with E-state index in [0.29, 0.717) is 50.1 Å². The van der Waals surface area contributed by atoms with Gasteiger partial charge in [0.25, 0.3) is 6.71 Å². The molecule has 0 amide bonds. The van der Waals surface area contributed by atoms with Crippen LogP contribution in [0.5, 0.6) is 0 Å². The average molecular weight is 1380 g/mol. The van der Waals surface area contributed by atoms with Crippen molar-refractivity contribution in [1.82, 2.24) is 9.13 Å². The molecule has 0 N–H and O–H groups in total.